The highest BCUT2D eigenvalue weighted by atomic mass is 16.5. The van der Waals surface area contributed by atoms with Crippen molar-refractivity contribution in [3.05, 3.63) is 66.7 Å². The van der Waals surface area contributed by atoms with Gasteiger partial charge in [-0.1, -0.05) is 24.3 Å². The van der Waals surface area contributed by atoms with Crippen LogP contribution in [0.1, 0.15) is 32.0 Å². The third-order valence-corrected chi connectivity index (χ3v) is 7.11. The number of rotatable bonds is 4. The normalized spacial score (nSPS) is 15.7. The van der Waals surface area contributed by atoms with Crippen LogP contribution in [-0.4, -0.2) is 80.5 Å². The molecular formula is C30H37N7O3. The summed E-state index contributed by atoms with van der Waals surface area (Å²) in [5.41, 5.74) is 2.98. The highest BCUT2D eigenvalue weighted by Gasteiger charge is 2.17. The van der Waals surface area contributed by atoms with Gasteiger partial charge in [-0.15, -0.1) is 0 Å². The van der Waals surface area contributed by atoms with Crippen LogP contribution in [0.4, 0.5) is 0 Å². The molecule has 0 unspecified atom stereocenters. The number of fused-ring (bicyclic) bond motifs is 5. The second-order valence-electron chi connectivity index (χ2n) is 10.1. The number of hydrogen-bond acceptors (Lipinski definition) is 6. The number of carbonyl (C=O) groups is 2. The van der Waals surface area contributed by atoms with Crippen LogP contribution in [0.5, 0.6) is 5.75 Å². The van der Waals surface area contributed by atoms with Crippen LogP contribution in [0.3, 0.4) is 0 Å². The molecule has 0 aliphatic carbocycles. The van der Waals surface area contributed by atoms with Crippen molar-refractivity contribution < 1.29 is 14.3 Å². The van der Waals surface area contributed by atoms with E-state index in [-0.39, 0.29) is 18.4 Å². The molecule has 40 heavy (non-hydrogen) atoms. The molecule has 10 nitrogen and oxygen atoms in total. The molecule has 0 saturated carbocycles. The number of amides is 2. The van der Waals surface area contributed by atoms with E-state index < -0.39 is 0 Å². The van der Waals surface area contributed by atoms with E-state index in [0.717, 1.165) is 72.9 Å². The molecule has 2 aromatic carbocycles. The van der Waals surface area contributed by atoms with Gasteiger partial charge in [-0.2, -0.15) is 0 Å². The number of aromatic amines is 1. The topological polar surface area (TPSA) is 108 Å². The molecule has 3 heterocycles. The van der Waals surface area contributed by atoms with Crippen molar-refractivity contribution in [2.75, 3.05) is 39.3 Å². The average Bonchev–Trinajstić information content (AvgIpc) is 3.59. The molecule has 0 radical (unpaired) electrons. The summed E-state index contributed by atoms with van der Waals surface area (Å²) in [5, 5.41) is 2.65. The van der Waals surface area contributed by atoms with Crippen LogP contribution in [0.15, 0.2) is 60.9 Å². The molecule has 210 valence electrons. The molecule has 2 aromatic heterocycles. The maximum absolute atomic E-state index is 13.0. The summed E-state index contributed by atoms with van der Waals surface area (Å²) < 4.78 is 8.19. The SMILES string of the molecule is CC(=O)NCC(=O)N1CCCCN(Cc2nc3ccccc3[nH]2)CCCOc2cccc(c2)-c2nccn2CC1. The molecule has 0 fully saturated rings. The van der Waals surface area contributed by atoms with E-state index in [4.69, 9.17) is 9.72 Å². The quantitative estimate of drug-likeness (QED) is 0.408. The molecule has 0 atom stereocenters. The molecule has 2 bridgehead atoms. The molecule has 2 amide bonds. The number of hydrogen-bond donors (Lipinski definition) is 2. The minimum Gasteiger partial charge on any atom is -0.494 e. The second kappa shape index (κ2) is 13.3. The number of nitrogens with one attached hydrogen (secondary N) is 2. The standard InChI is InChI=1S/C30H37N7O3/c1-23(38)32-21-29(39)36-15-5-4-13-35(22-28-33-26-10-2-3-11-27(26)34-28)14-7-19-40-25-9-6-8-24(20-25)30-31-12-16-37(30)18-17-36/h2-3,6,8-12,16,20H,4-5,7,13-15,17-19,21-22H2,1H3,(H,32,38)(H,33,34). The van der Waals surface area contributed by atoms with E-state index in [1.54, 1.807) is 6.20 Å². The Labute approximate surface area is 234 Å². The summed E-state index contributed by atoms with van der Waals surface area (Å²) in [4.78, 5) is 41.5. The maximum Gasteiger partial charge on any atom is 0.242 e. The van der Waals surface area contributed by atoms with Crippen LogP contribution in [-0.2, 0) is 22.7 Å². The van der Waals surface area contributed by atoms with Crippen molar-refractivity contribution in [2.45, 2.75) is 39.3 Å². The van der Waals surface area contributed by atoms with Crippen molar-refractivity contribution in [3.8, 4) is 17.1 Å². The van der Waals surface area contributed by atoms with E-state index in [9.17, 15) is 9.59 Å². The first-order chi connectivity index (χ1) is 19.5. The van der Waals surface area contributed by atoms with Crippen LogP contribution >= 0.6 is 0 Å². The molecule has 0 saturated heterocycles. The van der Waals surface area contributed by atoms with Gasteiger partial charge >= 0.3 is 0 Å². The van der Waals surface area contributed by atoms with Crippen LogP contribution in [0.2, 0.25) is 0 Å². The number of para-hydroxylation sites is 2. The zero-order chi connectivity index (χ0) is 27.7. The van der Waals surface area contributed by atoms with Gasteiger partial charge in [-0.25, -0.2) is 9.97 Å². The Morgan fingerprint density at radius 2 is 1.85 bits per heavy atom. The lowest BCUT2D eigenvalue weighted by atomic mass is 10.2. The van der Waals surface area contributed by atoms with Gasteiger partial charge in [-0.05, 0) is 50.1 Å². The first-order valence-electron chi connectivity index (χ1n) is 14.0. The summed E-state index contributed by atoms with van der Waals surface area (Å²) in [6.45, 7) is 6.26. The van der Waals surface area contributed by atoms with E-state index in [1.165, 1.54) is 6.92 Å². The van der Waals surface area contributed by atoms with Gasteiger partial charge in [0.15, 0.2) is 0 Å². The van der Waals surface area contributed by atoms with Gasteiger partial charge in [0.2, 0.25) is 11.8 Å². The summed E-state index contributed by atoms with van der Waals surface area (Å²) in [7, 11) is 0. The van der Waals surface area contributed by atoms with E-state index in [0.29, 0.717) is 26.2 Å². The Hall–Kier alpha value is -4.18. The third kappa shape index (κ3) is 7.26. The molecule has 0 spiro atoms. The predicted molar refractivity (Wildman–Crippen MR) is 154 cm³/mol. The van der Waals surface area contributed by atoms with Gasteiger partial charge in [0.1, 0.15) is 17.4 Å². The van der Waals surface area contributed by atoms with Crippen molar-refractivity contribution in [3.63, 3.8) is 0 Å². The molecule has 10 heteroatoms. The molecule has 2 N–H and O–H groups in total. The number of carbonyl (C=O) groups excluding carboxylic acids is 2. The molecule has 1 aliphatic rings. The first-order valence-corrected chi connectivity index (χ1v) is 14.0. The molecule has 4 aromatic rings. The molecule has 5 rings (SSSR count). The van der Waals surface area contributed by atoms with Gasteiger partial charge in [0.25, 0.3) is 0 Å². The highest BCUT2D eigenvalue weighted by molar-refractivity contribution is 5.83. The lowest BCUT2D eigenvalue weighted by molar-refractivity contribution is -0.132. The first kappa shape index (κ1) is 27.4. The minimum absolute atomic E-state index is 0.00365. The van der Waals surface area contributed by atoms with Crippen molar-refractivity contribution in [2.24, 2.45) is 0 Å². The van der Waals surface area contributed by atoms with Gasteiger partial charge < -0.3 is 24.5 Å². The fourth-order valence-electron chi connectivity index (χ4n) is 5.05. The highest BCUT2D eigenvalue weighted by Crippen LogP contribution is 2.23. The number of benzene rings is 2. The second-order valence-corrected chi connectivity index (χ2v) is 10.1. The number of ether oxygens (including phenoxy) is 1. The summed E-state index contributed by atoms with van der Waals surface area (Å²) in [5.74, 6) is 2.30. The smallest absolute Gasteiger partial charge is 0.242 e. The minimum atomic E-state index is -0.209. The molecule has 1 aliphatic heterocycles. The fourth-order valence-corrected chi connectivity index (χ4v) is 5.05. The molecular weight excluding hydrogens is 506 g/mol. The van der Waals surface area contributed by atoms with E-state index in [1.807, 2.05) is 59.6 Å². The van der Waals surface area contributed by atoms with Gasteiger partial charge in [0, 0.05) is 51.1 Å². The summed E-state index contributed by atoms with van der Waals surface area (Å²) in [6.07, 6.45) is 6.38. The predicted octanol–water partition coefficient (Wildman–Crippen LogP) is 3.46. The lowest BCUT2D eigenvalue weighted by Crippen LogP contribution is -2.41. The Morgan fingerprint density at radius 1 is 1.00 bits per heavy atom. The van der Waals surface area contributed by atoms with Crippen molar-refractivity contribution in [1.82, 2.24) is 34.6 Å². The van der Waals surface area contributed by atoms with Crippen molar-refractivity contribution >= 4 is 22.8 Å². The average molecular weight is 544 g/mol. The Balaban J connectivity index is 1.32. The zero-order valence-electron chi connectivity index (χ0n) is 23.0. The zero-order valence-corrected chi connectivity index (χ0v) is 23.0. The Bertz CT molecular complexity index is 1400. The van der Waals surface area contributed by atoms with E-state index in [2.05, 4.69) is 24.8 Å². The summed E-state index contributed by atoms with van der Waals surface area (Å²) in [6, 6.07) is 16.1. The van der Waals surface area contributed by atoms with Crippen molar-refractivity contribution in [1.29, 1.82) is 0 Å². The number of H-pyrrole nitrogens is 1. The van der Waals surface area contributed by atoms with E-state index >= 15 is 0 Å². The maximum atomic E-state index is 13.0. The Kier molecular flexibility index (Phi) is 9.07. The number of aromatic nitrogens is 4. The van der Waals surface area contributed by atoms with Crippen LogP contribution < -0.4 is 10.1 Å². The largest absolute Gasteiger partial charge is 0.494 e. The van der Waals surface area contributed by atoms with Gasteiger partial charge in [-0.3, -0.25) is 14.5 Å². The third-order valence-electron chi connectivity index (χ3n) is 7.11. The number of imidazole rings is 2. The Morgan fingerprint density at radius 3 is 2.73 bits per heavy atom. The van der Waals surface area contributed by atoms with Crippen LogP contribution in [0.25, 0.3) is 22.4 Å². The number of nitrogens with zero attached hydrogens (tertiary/aromatic N) is 5. The monoisotopic (exact) mass is 543 g/mol. The lowest BCUT2D eigenvalue weighted by Gasteiger charge is -2.25. The van der Waals surface area contributed by atoms with Crippen LogP contribution in [0, 0.1) is 0 Å². The van der Waals surface area contributed by atoms with Gasteiger partial charge in [0.05, 0.1) is 30.7 Å². The summed E-state index contributed by atoms with van der Waals surface area (Å²) >= 11 is 0. The fraction of sp³-hybridized carbons (Fsp3) is 0.400.